The molecule has 1 aliphatic rings. The van der Waals surface area contributed by atoms with Gasteiger partial charge in [-0.25, -0.2) is 4.39 Å². The quantitative estimate of drug-likeness (QED) is 0.577. The van der Waals surface area contributed by atoms with E-state index in [0.717, 1.165) is 12.8 Å². The second-order valence-corrected chi connectivity index (χ2v) is 6.30. The molecule has 3 rings (SSSR count). The molecular weight excluding hydrogens is 337 g/mol. The molecule has 0 aromatic heterocycles. The lowest BCUT2D eigenvalue weighted by molar-refractivity contribution is -0.384. The summed E-state index contributed by atoms with van der Waals surface area (Å²) in [6.07, 6.45) is 2.05. The molecule has 1 fully saturated rings. The highest BCUT2D eigenvalue weighted by Gasteiger charge is 2.32. The van der Waals surface area contributed by atoms with Crippen molar-refractivity contribution in [2.75, 3.05) is 11.9 Å². The van der Waals surface area contributed by atoms with Gasteiger partial charge in [-0.15, -0.1) is 0 Å². The van der Waals surface area contributed by atoms with Crippen LogP contribution in [-0.2, 0) is 11.3 Å². The number of carbonyl (C=O) groups excluding carboxylic acids is 1. The molecule has 0 bridgehead atoms. The van der Waals surface area contributed by atoms with Crippen LogP contribution in [0.4, 0.5) is 15.8 Å². The van der Waals surface area contributed by atoms with E-state index in [4.69, 9.17) is 0 Å². The number of hydrogen-bond donors (Lipinski definition) is 1. The Morgan fingerprint density at radius 3 is 2.58 bits per heavy atom. The van der Waals surface area contributed by atoms with Gasteiger partial charge in [0.25, 0.3) is 5.69 Å². The van der Waals surface area contributed by atoms with Crippen LogP contribution in [0.25, 0.3) is 0 Å². The topological polar surface area (TPSA) is 75.5 Å². The first-order valence-corrected chi connectivity index (χ1v) is 8.56. The molecular formula is C19H20FN3O3. The van der Waals surface area contributed by atoms with Gasteiger partial charge in [0.2, 0.25) is 5.91 Å². The van der Waals surface area contributed by atoms with E-state index < -0.39 is 4.92 Å². The van der Waals surface area contributed by atoms with E-state index in [9.17, 15) is 19.3 Å². The number of anilines is 1. The summed E-state index contributed by atoms with van der Waals surface area (Å²) in [5, 5.41) is 14.0. The van der Waals surface area contributed by atoms with Gasteiger partial charge in [0.05, 0.1) is 4.92 Å². The first kappa shape index (κ1) is 17.8. The molecule has 1 aliphatic carbocycles. The van der Waals surface area contributed by atoms with Crippen LogP contribution in [0.5, 0.6) is 0 Å². The second kappa shape index (κ2) is 7.95. The van der Waals surface area contributed by atoms with Crippen LogP contribution in [0.1, 0.15) is 24.8 Å². The van der Waals surface area contributed by atoms with Crippen molar-refractivity contribution in [2.24, 2.45) is 0 Å². The van der Waals surface area contributed by atoms with E-state index in [-0.39, 0.29) is 43.0 Å². The SMILES string of the molecule is O=C(CCNc1ccccc1[N+](=O)[O-])N(Cc1ccccc1F)C1CC1. The number of benzene rings is 2. The summed E-state index contributed by atoms with van der Waals surface area (Å²) in [5.41, 5.74) is 0.863. The summed E-state index contributed by atoms with van der Waals surface area (Å²) in [7, 11) is 0. The third-order valence-electron chi connectivity index (χ3n) is 4.36. The predicted octanol–water partition coefficient (Wildman–Crippen LogP) is 3.73. The Hall–Kier alpha value is -2.96. The number of rotatable bonds is 8. The maximum Gasteiger partial charge on any atom is 0.292 e. The standard InChI is InChI=1S/C19H20FN3O3/c20-16-6-2-1-5-14(16)13-22(15-9-10-15)19(24)11-12-21-17-7-3-4-8-18(17)23(25)26/h1-8,15,21H,9-13H2. The average molecular weight is 357 g/mol. The van der Waals surface area contributed by atoms with Crippen LogP contribution in [0.3, 0.4) is 0 Å². The number of halogens is 1. The lowest BCUT2D eigenvalue weighted by Gasteiger charge is -2.23. The van der Waals surface area contributed by atoms with Crippen molar-refractivity contribution in [1.29, 1.82) is 0 Å². The van der Waals surface area contributed by atoms with Crippen molar-refractivity contribution in [2.45, 2.75) is 31.8 Å². The normalized spacial score (nSPS) is 13.3. The zero-order valence-electron chi connectivity index (χ0n) is 14.2. The largest absolute Gasteiger partial charge is 0.379 e. The van der Waals surface area contributed by atoms with E-state index in [1.165, 1.54) is 12.1 Å². The van der Waals surface area contributed by atoms with Gasteiger partial charge in [0.1, 0.15) is 11.5 Å². The smallest absolute Gasteiger partial charge is 0.292 e. The summed E-state index contributed by atoms with van der Waals surface area (Å²) in [6.45, 7) is 0.534. The van der Waals surface area contributed by atoms with E-state index >= 15 is 0 Å². The van der Waals surface area contributed by atoms with Crippen molar-refractivity contribution in [3.05, 3.63) is 70.0 Å². The van der Waals surface area contributed by atoms with E-state index in [2.05, 4.69) is 5.32 Å². The Kier molecular flexibility index (Phi) is 5.46. The lowest BCUT2D eigenvalue weighted by Crippen LogP contribution is -2.34. The molecule has 2 aromatic carbocycles. The molecule has 0 aliphatic heterocycles. The van der Waals surface area contributed by atoms with Crippen molar-refractivity contribution in [3.63, 3.8) is 0 Å². The highest BCUT2D eigenvalue weighted by molar-refractivity contribution is 5.77. The second-order valence-electron chi connectivity index (χ2n) is 6.30. The highest BCUT2D eigenvalue weighted by atomic mass is 19.1. The predicted molar refractivity (Wildman–Crippen MR) is 96.2 cm³/mol. The maximum absolute atomic E-state index is 13.9. The molecule has 0 heterocycles. The lowest BCUT2D eigenvalue weighted by atomic mass is 10.2. The number of hydrogen-bond acceptors (Lipinski definition) is 4. The number of carbonyl (C=O) groups is 1. The van der Waals surface area contributed by atoms with E-state index in [1.807, 2.05) is 0 Å². The minimum atomic E-state index is -0.459. The molecule has 0 atom stereocenters. The summed E-state index contributed by atoms with van der Waals surface area (Å²) >= 11 is 0. The number of nitro benzene ring substituents is 1. The summed E-state index contributed by atoms with van der Waals surface area (Å²) < 4.78 is 13.9. The molecule has 0 spiro atoms. The van der Waals surface area contributed by atoms with Crippen molar-refractivity contribution in [3.8, 4) is 0 Å². The van der Waals surface area contributed by atoms with Crippen LogP contribution in [0.2, 0.25) is 0 Å². The van der Waals surface area contributed by atoms with Crippen LogP contribution in [-0.4, -0.2) is 28.3 Å². The van der Waals surface area contributed by atoms with Gasteiger partial charge in [0, 0.05) is 37.2 Å². The van der Waals surface area contributed by atoms with Crippen LogP contribution in [0.15, 0.2) is 48.5 Å². The molecule has 6 nitrogen and oxygen atoms in total. The van der Waals surface area contributed by atoms with E-state index in [1.54, 1.807) is 41.3 Å². The number of nitrogens with one attached hydrogen (secondary N) is 1. The molecule has 136 valence electrons. The number of para-hydroxylation sites is 2. The fourth-order valence-electron chi connectivity index (χ4n) is 2.85. The Morgan fingerprint density at radius 2 is 1.88 bits per heavy atom. The van der Waals surface area contributed by atoms with Gasteiger partial charge in [0.15, 0.2) is 0 Å². The maximum atomic E-state index is 13.9. The van der Waals surface area contributed by atoms with Gasteiger partial charge in [-0.3, -0.25) is 14.9 Å². The number of nitrogens with zero attached hydrogens (tertiary/aromatic N) is 2. The fourth-order valence-corrected chi connectivity index (χ4v) is 2.85. The van der Waals surface area contributed by atoms with Gasteiger partial charge in [-0.1, -0.05) is 30.3 Å². The Morgan fingerprint density at radius 1 is 1.19 bits per heavy atom. The third-order valence-corrected chi connectivity index (χ3v) is 4.36. The molecule has 1 saturated carbocycles. The summed E-state index contributed by atoms with van der Waals surface area (Å²) in [5.74, 6) is -0.397. The molecule has 0 radical (unpaired) electrons. The molecule has 0 saturated heterocycles. The molecule has 26 heavy (non-hydrogen) atoms. The zero-order valence-corrected chi connectivity index (χ0v) is 14.2. The minimum Gasteiger partial charge on any atom is -0.379 e. The average Bonchev–Trinajstić information content (AvgIpc) is 3.46. The molecule has 7 heteroatoms. The number of nitro groups is 1. The first-order chi connectivity index (χ1) is 12.6. The minimum absolute atomic E-state index is 0.0228. The Labute approximate surface area is 150 Å². The monoisotopic (exact) mass is 357 g/mol. The third kappa shape index (κ3) is 4.36. The van der Waals surface area contributed by atoms with Crippen LogP contribution < -0.4 is 5.32 Å². The van der Waals surface area contributed by atoms with Gasteiger partial charge in [-0.2, -0.15) is 0 Å². The Bertz CT molecular complexity index is 808. The van der Waals surface area contributed by atoms with Gasteiger partial charge >= 0.3 is 0 Å². The van der Waals surface area contributed by atoms with Crippen LogP contribution >= 0.6 is 0 Å². The highest BCUT2D eigenvalue weighted by Crippen LogP contribution is 2.29. The van der Waals surface area contributed by atoms with Gasteiger partial charge in [-0.05, 0) is 25.0 Å². The molecule has 1 N–H and O–H groups in total. The number of amides is 1. The summed E-state index contributed by atoms with van der Waals surface area (Å²) in [6, 6.07) is 12.9. The van der Waals surface area contributed by atoms with Crippen molar-refractivity contribution >= 4 is 17.3 Å². The Balaban J connectivity index is 1.59. The van der Waals surface area contributed by atoms with Gasteiger partial charge < -0.3 is 10.2 Å². The fraction of sp³-hybridized carbons (Fsp3) is 0.316. The van der Waals surface area contributed by atoms with Crippen molar-refractivity contribution in [1.82, 2.24) is 4.90 Å². The molecule has 0 unspecified atom stereocenters. The van der Waals surface area contributed by atoms with Crippen molar-refractivity contribution < 1.29 is 14.1 Å². The van der Waals surface area contributed by atoms with Crippen LogP contribution in [0, 0.1) is 15.9 Å². The molecule has 2 aromatic rings. The van der Waals surface area contributed by atoms with E-state index in [0.29, 0.717) is 11.3 Å². The zero-order chi connectivity index (χ0) is 18.5. The molecule has 1 amide bonds. The first-order valence-electron chi connectivity index (χ1n) is 8.56. The summed E-state index contributed by atoms with van der Waals surface area (Å²) in [4.78, 5) is 24.8.